The molecule has 0 bridgehead atoms. The SMILES string of the molecule is CCNc1ncc(F)c(N(CC2CC2)CC2CC2)n1. The molecule has 1 aromatic rings. The van der Waals surface area contributed by atoms with E-state index in [-0.39, 0.29) is 5.82 Å². The van der Waals surface area contributed by atoms with Gasteiger partial charge in [0, 0.05) is 19.6 Å². The average Bonchev–Trinajstić information content (AvgIpc) is 3.26. The number of anilines is 2. The minimum absolute atomic E-state index is 0.303. The number of hydrogen-bond donors (Lipinski definition) is 1. The van der Waals surface area contributed by atoms with Gasteiger partial charge in [-0.1, -0.05) is 0 Å². The van der Waals surface area contributed by atoms with Crippen LogP contribution in [0.3, 0.4) is 0 Å². The van der Waals surface area contributed by atoms with Gasteiger partial charge in [-0.2, -0.15) is 4.98 Å². The molecule has 0 unspecified atom stereocenters. The second-order valence-electron chi connectivity index (χ2n) is 5.69. The molecular formula is C14H21FN4. The quantitative estimate of drug-likeness (QED) is 0.822. The van der Waals surface area contributed by atoms with E-state index in [1.54, 1.807) is 0 Å². The predicted octanol–water partition coefficient (Wildman–Crippen LogP) is 2.67. The lowest BCUT2D eigenvalue weighted by atomic mass is 10.3. The standard InChI is InChI=1S/C14H21FN4/c1-2-16-14-17-7-12(15)13(18-14)19(8-10-3-4-10)9-11-5-6-11/h7,10-11H,2-6,8-9H2,1H3,(H,16,17,18). The predicted molar refractivity (Wildman–Crippen MR) is 73.8 cm³/mol. The number of halogens is 1. The second-order valence-corrected chi connectivity index (χ2v) is 5.69. The molecule has 0 amide bonds. The summed E-state index contributed by atoms with van der Waals surface area (Å²) < 4.78 is 14.0. The first kappa shape index (κ1) is 12.6. The monoisotopic (exact) mass is 264 g/mol. The molecule has 2 fully saturated rings. The van der Waals surface area contributed by atoms with E-state index in [2.05, 4.69) is 20.2 Å². The molecule has 4 nitrogen and oxygen atoms in total. The number of hydrogen-bond acceptors (Lipinski definition) is 4. The highest BCUT2D eigenvalue weighted by molar-refractivity contribution is 5.44. The van der Waals surface area contributed by atoms with Gasteiger partial charge in [-0.3, -0.25) is 0 Å². The molecule has 0 saturated heterocycles. The van der Waals surface area contributed by atoms with E-state index in [9.17, 15) is 4.39 Å². The molecule has 1 N–H and O–H groups in total. The third kappa shape index (κ3) is 3.33. The van der Waals surface area contributed by atoms with Crippen molar-refractivity contribution in [2.45, 2.75) is 32.6 Å². The van der Waals surface area contributed by atoms with Crippen LogP contribution in [-0.2, 0) is 0 Å². The van der Waals surface area contributed by atoms with Crippen LogP contribution in [0.1, 0.15) is 32.6 Å². The molecule has 5 heteroatoms. The summed E-state index contributed by atoms with van der Waals surface area (Å²) in [6.45, 7) is 4.61. The number of rotatable bonds is 7. The summed E-state index contributed by atoms with van der Waals surface area (Å²) in [7, 11) is 0. The molecule has 3 rings (SSSR count). The average molecular weight is 264 g/mol. The normalized spacial score (nSPS) is 18.4. The second kappa shape index (κ2) is 5.31. The first-order valence-corrected chi connectivity index (χ1v) is 7.27. The minimum Gasteiger partial charge on any atom is -0.354 e. The highest BCUT2D eigenvalue weighted by Gasteiger charge is 2.31. The third-order valence-electron chi connectivity index (χ3n) is 3.71. The smallest absolute Gasteiger partial charge is 0.224 e. The molecule has 0 aliphatic heterocycles. The van der Waals surface area contributed by atoms with E-state index in [0.717, 1.165) is 31.5 Å². The van der Waals surface area contributed by atoms with Crippen LogP contribution in [0.5, 0.6) is 0 Å². The van der Waals surface area contributed by atoms with Crippen LogP contribution in [0.15, 0.2) is 6.20 Å². The summed E-state index contributed by atoms with van der Waals surface area (Å²) in [5.74, 6) is 2.16. The first-order chi connectivity index (χ1) is 9.26. The molecule has 0 aromatic carbocycles. The number of aromatic nitrogens is 2. The summed E-state index contributed by atoms with van der Waals surface area (Å²) in [6.07, 6.45) is 6.37. The molecule has 104 valence electrons. The summed E-state index contributed by atoms with van der Waals surface area (Å²) in [5.41, 5.74) is 0. The first-order valence-electron chi connectivity index (χ1n) is 7.27. The zero-order chi connectivity index (χ0) is 13.2. The molecule has 0 spiro atoms. The molecule has 2 saturated carbocycles. The van der Waals surface area contributed by atoms with Crippen molar-refractivity contribution >= 4 is 11.8 Å². The molecular weight excluding hydrogens is 243 g/mol. The lowest BCUT2D eigenvalue weighted by Gasteiger charge is -2.24. The third-order valence-corrected chi connectivity index (χ3v) is 3.71. The lowest BCUT2D eigenvalue weighted by Crippen LogP contribution is -2.30. The van der Waals surface area contributed by atoms with E-state index in [1.165, 1.54) is 31.9 Å². The summed E-state index contributed by atoms with van der Waals surface area (Å²) in [5, 5.41) is 3.05. The molecule has 0 radical (unpaired) electrons. The maximum atomic E-state index is 14.0. The van der Waals surface area contributed by atoms with Crippen molar-refractivity contribution in [2.24, 2.45) is 11.8 Å². The van der Waals surface area contributed by atoms with E-state index >= 15 is 0 Å². The molecule has 1 aromatic heterocycles. The Labute approximate surface area is 113 Å². The Hall–Kier alpha value is -1.39. The highest BCUT2D eigenvalue weighted by atomic mass is 19.1. The Morgan fingerprint density at radius 2 is 1.89 bits per heavy atom. The Bertz CT molecular complexity index is 429. The number of nitrogens with zero attached hydrogens (tertiary/aromatic N) is 3. The van der Waals surface area contributed by atoms with Crippen molar-refractivity contribution in [1.82, 2.24) is 9.97 Å². The van der Waals surface area contributed by atoms with Crippen molar-refractivity contribution < 1.29 is 4.39 Å². The zero-order valence-corrected chi connectivity index (χ0v) is 11.4. The topological polar surface area (TPSA) is 41.1 Å². The van der Waals surface area contributed by atoms with Gasteiger partial charge in [-0.15, -0.1) is 0 Å². The van der Waals surface area contributed by atoms with Crippen LogP contribution in [0.25, 0.3) is 0 Å². The maximum Gasteiger partial charge on any atom is 0.224 e. The fourth-order valence-electron chi connectivity index (χ4n) is 2.29. The largest absolute Gasteiger partial charge is 0.354 e. The molecule has 0 atom stereocenters. The maximum absolute atomic E-state index is 14.0. The fraction of sp³-hybridized carbons (Fsp3) is 0.714. The Morgan fingerprint density at radius 3 is 2.42 bits per heavy atom. The fourth-order valence-corrected chi connectivity index (χ4v) is 2.29. The van der Waals surface area contributed by atoms with Crippen LogP contribution in [0.2, 0.25) is 0 Å². The lowest BCUT2D eigenvalue weighted by molar-refractivity contribution is 0.587. The van der Waals surface area contributed by atoms with Gasteiger partial charge >= 0.3 is 0 Å². The van der Waals surface area contributed by atoms with Crippen LogP contribution in [-0.4, -0.2) is 29.6 Å². The van der Waals surface area contributed by atoms with Crippen molar-refractivity contribution in [3.8, 4) is 0 Å². The van der Waals surface area contributed by atoms with Gasteiger partial charge in [-0.05, 0) is 44.4 Å². The Morgan fingerprint density at radius 1 is 1.26 bits per heavy atom. The van der Waals surface area contributed by atoms with Crippen LogP contribution in [0.4, 0.5) is 16.2 Å². The van der Waals surface area contributed by atoms with E-state index in [4.69, 9.17) is 0 Å². The molecule has 1 heterocycles. The van der Waals surface area contributed by atoms with Gasteiger partial charge in [0.25, 0.3) is 0 Å². The van der Waals surface area contributed by atoms with Crippen molar-refractivity contribution in [1.29, 1.82) is 0 Å². The van der Waals surface area contributed by atoms with Crippen molar-refractivity contribution in [3.63, 3.8) is 0 Å². The van der Waals surface area contributed by atoms with Gasteiger partial charge in [0.15, 0.2) is 11.6 Å². The van der Waals surface area contributed by atoms with E-state index in [0.29, 0.717) is 11.8 Å². The van der Waals surface area contributed by atoms with Crippen molar-refractivity contribution in [2.75, 3.05) is 29.9 Å². The van der Waals surface area contributed by atoms with Crippen LogP contribution < -0.4 is 10.2 Å². The summed E-state index contributed by atoms with van der Waals surface area (Å²) >= 11 is 0. The van der Waals surface area contributed by atoms with Gasteiger partial charge in [0.2, 0.25) is 5.95 Å². The van der Waals surface area contributed by atoms with Gasteiger partial charge in [0.1, 0.15) is 0 Å². The van der Waals surface area contributed by atoms with Gasteiger partial charge in [-0.25, -0.2) is 9.37 Å². The summed E-state index contributed by atoms with van der Waals surface area (Å²) in [4.78, 5) is 10.5. The minimum atomic E-state index is -0.303. The Balaban J connectivity index is 1.79. The van der Waals surface area contributed by atoms with Crippen LogP contribution >= 0.6 is 0 Å². The molecule has 19 heavy (non-hydrogen) atoms. The van der Waals surface area contributed by atoms with E-state index < -0.39 is 0 Å². The molecule has 2 aliphatic rings. The summed E-state index contributed by atoms with van der Waals surface area (Å²) in [6, 6.07) is 0. The van der Waals surface area contributed by atoms with Crippen molar-refractivity contribution in [3.05, 3.63) is 12.0 Å². The number of nitrogens with one attached hydrogen (secondary N) is 1. The highest BCUT2D eigenvalue weighted by Crippen LogP contribution is 2.35. The van der Waals surface area contributed by atoms with Gasteiger partial charge < -0.3 is 10.2 Å². The Kier molecular flexibility index (Phi) is 3.53. The zero-order valence-electron chi connectivity index (χ0n) is 11.4. The molecule has 2 aliphatic carbocycles. The van der Waals surface area contributed by atoms with E-state index in [1.807, 2.05) is 6.92 Å². The van der Waals surface area contributed by atoms with Crippen LogP contribution in [0, 0.1) is 17.7 Å². The van der Waals surface area contributed by atoms with Gasteiger partial charge in [0.05, 0.1) is 6.20 Å².